The maximum absolute atomic E-state index is 4.21. The molecule has 0 saturated heterocycles. The highest BCUT2D eigenvalue weighted by Crippen LogP contribution is 2.19. The van der Waals surface area contributed by atoms with Crippen molar-refractivity contribution in [2.75, 3.05) is 12.3 Å². The minimum absolute atomic E-state index is 0.954. The SMILES string of the molecule is CCCNCc1cccc(SCCn2cccn2)c1. The van der Waals surface area contributed by atoms with Gasteiger partial charge in [0.2, 0.25) is 0 Å². The van der Waals surface area contributed by atoms with E-state index in [0.29, 0.717) is 0 Å². The monoisotopic (exact) mass is 275 g/mol. The van der Waals surface area contributed by atoms with Gasteiger partial charge in [0.1, 0.15) is 0 Å². The number of hydrogen-bond acceptors (Lipinski definition) is 3. The molecule has 3 nitrogen and oxygen atoms in total. The molecule has 2 rings (SSSR count). The number of aromatic nitrogens is 2. The summed E-state index contributed by atoms with van der Waals surface area (Å²) < 4.78 is 1.97. The number of nitrogens with zero attached hydrogens (tertiary/aromatic N) is 2. The van der Waals surface area contributed by atoms with Gasteiger partial charge in [0.25, 0.3) is 0 Å². The van der Waals surface area contributed by atoms with Gasteiger partial charge in [0, 0.05) is 29.6 Å². The van der Waals surface area contributed by atoms with Crippen LogP contribution in [0.25, 0.3) is 0 Å². The summed E-state index contributed by atoms with van der Waals surface area (Å²) in [5.41, 5.74) is 1.36. The Morgan fingerprint density at radius 2 is 2.26 bits per heavy atom. The number of hydrogen-bond donors (Lipinski definition) is 1. The fourth-order valence-corrected chi connectivity index (χ4v) is 2.77. The Labute approximate surface area is 119 Å². The molecule has 0 aliphatic rings. The van der Waals surface area contributed by atoms with E-state index < -0.39 is 0 Å². The van der Waals surface area contributed by atoms with Gasteiger partial charge in [-0.25, -0.2) is 0 Å². The second-order valence-electron chi connectivity index (χ2n) is 4.44. The summed E-state index contributed by atoms with van der Waals surface area (Å²) in [6, 6.07) is 10.7. The molecule has 0 bridgehead atoms. The average Bonchev–Trinajstić information content (AvgIpc) is 2.93. The molecule has 4 heteroatoms. The number of thioether (sulfide) groups is 1. The van der Waals surface area contributed by atoms with Gasteiger partial charge in [-0.2, -0.15) is 5.10 Å². The fraction of sp³-hybridized carbons (Fsp3) is 0.400. The number of rotatable bonds is 8. The van der Waals surface area contributed by atoms with E-state index in [4.69, 9.17) is 0 Å². The minimum atomic E-state index is 0.954. The van der Waals surface area contributed by atoms with Crippen molar-refractivity contribution in [1.82, 2.24) is 15.1 Å². The molecular formula is C15H21N3S. The summed E-state index contributed by atoms with van der Waals surface area (Å²) in [6.07, 6.45) is 5.01. The van der Waals surface area contributed by atoms with Crippen LogP contribution in [0.3, 0.4) is 0 Å². The van der Waals surface area contributed by atoms with Gasteiger partial charge in [-0.15, -0.1) is 11.8 Å². The van der Waals surface area contributed by atoms with Crippen molar-refractivity contribution in [1.29, 1.82) is 0 Å². The first-order valence-electron chi connectivity index (χ1n) is 6.78. The van der Waals surface area contributed by atoms with Crippen LogP contribution in [-0.4, -0.2) is 22.1 Å². The highest BCUT2D eigenvalue weighted by Gasteiger charge is 1.98. The normalized spacial score (nSPS) is 10.8. The Morgan fingerprint density at radius 1 is 1.32 bits per heavy atom. The molecule has 0 aliphatic carbocycles. The number of nitrogens with one attached hydrogen (secondary N) is 1. The minimum Gasteiger partial charge on any atom is -0.313 e. The van der Waals surface area contributed by atoms with Crippen molar-refractivity contribution in [3.05, 3.63) is 48.3 Å². The van der Waals surface area contributed by atoms with Crippen molar-refractivity contribution in [2.45, 2.75) is 31.3 Å². The molecular weight excluding hydrogens is 254 g/mol. The molecule has 0 unspecified atom stereocenters. The van der Waals surface area contributed by atoms with Crippen LogP contribution in [0.4, 0.5) is 0 Å². The predicted molar refractivity (Wildman–Crippen MR) is 81.4 cm³/mol. The zero-order chi connectivity index (χ0) is 13.3. The number of benzene rings is 1. The lowest BCUT2D eigenvalue weighted by Gasteiger charge is -2.06. The Kier molecular flexibility index (Phi) is 5.98. The molecule has 0 atom stereocenters. The Bertz CT molecular complexity index is 468. The highest BCUT2D eigenvalue weighted by atomic mass is 32.2. The van der Waals surface area contributed by atoms with Crippen molar-refractivity contribution < 1.29 is 0 Å². The topological polar surface area (TPSA) is 29.9 Å². The average molecular weight is 275 g/mol. The van der Waals surface area contributed by atoms with E-state index in [1.807, 2.05) is 34.9 Å². The van der Waals surface area contributed by atoms with Crippen molar-refractivity contribution in [2.24, 2.45) is 0 Å². The molecule has 1 aromatic heterocycles. The molecule has 0 amide bonds. The molecule has 1 N–H and O–H groups in total. The molecule has 102 valence electrons. The van der Waals surface area contributed by atoms with E-state index in [0.717, 1.165) is 25.4 Å². The molecule has 1 heterocycles. The second kappa shape index (κ2) is 8.02. The zero-order valence-electron chi connectivity index (χ0n) is 11.4. The smallest absolute Gasteiger partial charge is 0.0503 e. The first kappa shape index (κ1) is 14.2. The van der Waals surface area contributed by atoms with Gasteiger partial charge in [-0.1, -0.05) is 19.1 Å². The van der Waals surface area contributed by atoms with Crippen LogP contribution in [0, 0.1) is 0 Å². The molecule has 2 aromatic rings. The quantitative estimate of drug-likeness (QED) is 0.593. The van der Waals surface area contributed by atoms with Crippen LogP contribution in [0.5, 0.6) is 0 Å². The van der Waals surface area contributed by atoms with Crippen LogP contribution in [-0.2, 0) is 13.1 Å². The van der Waals surface area contributed by atoms with E-state index in [-0.39, 0.29) is 0 Å². The van der Waals surface area contributed by atoms with Crippen molar-refractivity contribution >= 4 is 11.8 Å². The van der Waals surface area contributed by atoms with Gasteiger partial charge >= 0.3 is 0 Å². The third-order valence-corrected chi connectivity index (χ3v) is 3.78. The van der Waals surface area contributed by atoms with E-state index in [1.165, 1.54) is 16.9 Å². The highest BCUT2D eigenvalue weighted by molar-refractivity contribution is 7.99. The molecule has 0 aliphatic heterocycles. The van der Waals surface area contributed by atoms with Crippen LogP contribution < -0.4 is 5.32 Å². The second-order valence-corrected chi connectivity index (χ2v) is 5.61. The summed E-state index contributed by atoms with van der Waals surface area (Å²) in [5, 5.41) is 7.64. The zero-order valence-corrected chi connectivity index (χ0v) is 12.2. The van der Waals surface area contributed by atoms with Crippen LogP contribution in [0.1, 0.15) is 18.9 Å². The summed E-state index contributed by atoms with van der Waals surface area (Å²) in [6.45, 7) is 5.18. The van der Waals surface area contributed by atoms with Gasteiger partial charge in [-0.3, -0.25) is 4.68 Å². The largest absolute Gasteiger partial charge is 0.313 e. The van der Waals surface area contributed by atoms with Gasteiger partial charge in [-0.05, 0) is 36.7 Å². The number of aryl methyl sites for hydroxylation is 1. The lowest BCUT2D eigenvalue weighted by Crippen LogP contribution is -2.13. The first-order chi connectivity index (χ1) is 9.38. The fourth-order valence-electron chi connectivity index (χ4n) is 1.84. The molecule has 0 saturated carbocycles. The van der Waals surface area contributed by atoms with Crippen molar-refractivity contribution in [3.8, 4) is 0 Å². The standard InChI is InChI=1S/C15H21N3S/c1-2-7-16-13-14-5-3-6-15(12-14)19-11-10-18-9-4-8-17-18/h3-6,8-9,12,16H,2,7,10-11,13H2,1H3. The molecule has 0 spiro atoms. The maximum Gasteiger partial charge on any atom is 0.0503 e. The van der Waals surface area contributed by atoms with Gasteiger partial charge in [0.05, 0.1) is 6.54 Å². The van der Waals surface area contributed by atoms with Crippen LogP contribution in [0.15, 0.2) is 47.6 Å². The molecule has 0 fully saturated rings. The molecule has 0 radical (unpaired) electrons. The Balaban J connectivity index is 1.78. The predicted octanol–water partition coefficient (Wildman–Crippen LogP) is 3.18. The molecule has 1 aromatic carbocycles. The Morgan fingerprint density at radius 3 is 3.05 bits per heavy atom. The van der Waals surface area contributed by atoms with Crippen LogP contribution in [0.2, 0.25) is 0 Å². The Hall–Kier alpha value is -1.26. The third kappa shape index (κ3) is 5.09. The summed E-state index contributed by atoms with van der Waals surface area (Å²) in [4.78, 5) is 1.34. The lowest BCUT2D eigenvalue weighted by atomic mass is 10.2. The molecule has 19 heavy (non-hydrogen) atoms. The van der Waals surface area contributed by atoms with Gasteiger partial charge < -0.3 is 5.32 Å². The summed E-state index contributed by atoms with van der Waals surface area (Å²) in [5.74, 6) is 1.05. The van der Waals surface area contributed by atoms with Gasteiger partial charge in [0.15, 0.2) is 0 Å². The van der Waals surface area contributed by atoms with Crippen LogP contribution >= 0.6 is 11.8 Å². The van der Waals surface area contributed by atoms with E-state index in [9.17, 15) is 0 Å². The van der Waals surface area contributed by atoms with E-state index in [1.54, 1.807) is 0 Å². The lowest BCUT2D eigenvalue weighted by molar-refractivity contribution is 0.666. The van der Waals surface area contributed by atoms with E-state index >= 15 is 0 Å². The first-order valence-corrected chi connectivity index (χ1v) is 7.77. The summed E-state index contributed by atoms with van der Waals surface area (Å²) >= 11 is 1.88. The maximum atomic E-state index is 4.21. The third-order valence-electron chi connectivity index (χ3n) is 2.80. The van der Waals surface area contributed by atoms with Crippen molar-refractivity contribution in [3.63, 3.8) is 0 Å². The van der Waals surface area contributed by atoms with E-state index in [2.05, 4.69) is 41.6 Å². The summed E-state index contributed by atoms with van der Waals surface area (Å²) in [7, 11) is 0.